The van der Waals surface area contributed by atoms with E-state index in [2.05, 4.69) is 34.6 Å². The van der Waals surface area contributed by atoms with Gasteiger partial charge in [-0.15, -0.1) is 0 Å². The number of aromatic nitrogens is 1. The molecule has 3 rings (SSSR count). The minimum absolute atomic E-state index is 0.0416. The Morgan fingerprint density at radius 3 is 2.28 bits per heavy atom. The van der Waals surface area contributed by atoms with Crippen molar-refractivity contribution in [3.8, 4) is 11.5 Å². The lowest BCUT2D eigenvalue weighted by Crippen LogP contribution is -2.30. The average Bonchev–Trinajstić information content (AvgIpc) is 3.04. The molecule has 0 saturated carbocycles. The molecule has 0 radical (unpaired) electrons. The standard InChI is InChI=1S/C23H26N2O3S/c1-16-4-8-19(9-5-16)12-13-24-22(26)15-29(27)14-21-18(3)28-23(25-21)20-10-6-17(2)7-11-20/h4-11H,12-15H2,1-3H3,(H,24,26)/t29-/m1/s1. The van der Waals surface area contributed by atoms with Crippen LogP contribution in [0.3, 0.4) is 0 Å². The van der Waals surface area contributed by atoms with Crippen LogP contribution in [0.1, 0.15) is 28.1 Å². The predicted molar refractivity (Wildman–Crippen MR) is 116 cm³/mol. The molecule has 6 heteroatoms. The van der Waals surface area contributed by atoms with Crippen LogP contribution in [0.4, 0.5) is 0 Å². The number of rotatable bonds is 8. The first-order valence-corrected chi connectivity index (χ1v) is 11.1. The van der Waals surface area contributed by atoms with Crippen molar-refractivity contribution in [2.75, 3.05) is 12.3 Å². The van der Waals surface area contributed by atoms with Crippen molar-refractivity contribution >= 4 is 16.7 Å². The Hall–Kier alpha value is -2.73. The van der Waals surface area contributed by atoms with E-state index in [1.165, 1.54) is 11.1 Å². The van der Waals surface area contributed by atoms with Gasteiger partial charge in [0.05, 0.1) is 11.4 Å². The number of amides is 1. The van der Waals surface area contributed by atoms with Crippen molar-refractivity contribution in [3.63, 3.8) is 0 Å². The molecule has 152 valence electrons. The number of carbonyl (C=O) groups excluding carboxylic acids is 1. The van der Waals surface area contributed by atoms with E-state index < -0.39 is 10.8 Å². The maximum Gasteiger partial charge on any atom is 0.232 e. The molecule has 0 aliphatic carbocycles. The molecule has 5 nitrogen and oxygen atoms in total. The van der Waals surface area contributed by atoms with Gasteiger partial charge in [0, 0.05) is 22.9 Å². The lowest BCUT2D eigenvalue weighted by molar-refractivity contribution is -0.118. The third-order valence-corrected chi connectivity index (χ3v) is 5.82. The summed E-state index contributed by atoms with van der Waals surface area (Å²) in [7, 11) is -1.34. The van der Waals surface area contributed by atoms with Crippen molar-refractivity contribution in [1.82, 2.24) is 10.3 Å². The SMILES string of the molecule is Cc1ccc(CCNC(=O)C[S@](=O)Cc2nc(-c3ccc(C)cc3)oc2C)cc1. The van der Waals surface area contributed by atoms with Crippen molar-refractivity contribution < 1.29 is 13.4 Å². The number of carbonyl (C=O) groups is 1. The first-order chi connectivity index (χ1) is 13.9. The van der Waals surface area contributed by atoms with E-state index in [0.717, 1.165) is 17.5 Å². The molecule has 3 aromatic rings. The quantitative estimate of drug-likeness (QED) is 0.612. The first-order valence-electron chi connectivity index (χ1n) is 9.61. The van der Waals surface area contributed by atoms with Gasteiger partial charge in [0.25, 0.3) is 0 Å². The molecule has 0 spiro atoms. The summed E-state index contributed by atoms with van der Waals surface area (Å²) in [6, 6.07) is 16.1. The fourth-order valence-corrected chi connectivity index (χ4v) is 3.95. The van der Waals surface area contributed by atoms with E-state index >= 15 is 0 Å². The van der Waals surface area contributed by atoms with Gasteiger partial charge in [-0.1, -0.05) is 47.5 Å². The fourth-order valence-electron chi connectivity index (χ4n) is 2.88. The van der Waals surface area contributed by atoms with Crippen LogP contribution in [0.5, 0.6) is 0 Å². The second-order valence-corrected chi connectivity index (χ2v) is 8.66. The van der Waals surface area contributed by atoms with Crippen LogP contribution < -0.4 is 5.32 Å². The van der Waals surface area contributed by atoms with Gasteiger partial charge < -0.3 is 9.73 Å². The molecule has 2 aromatic carbocycles. The zero-order valence-electron chi connectivity index (χ0n) is 17.0. The van der Waals surface area contributed by atoms with E-state index in [1.807, 2.05) is 38.1 Å². The maximum atomic E-state index is 12.4. The Bertz CT molecular complexity index is 992. The predicted octanol–water partition coefficient (Wildman–Crippen LogP) is 3.87. The molecular formula is C23H26N2O3S. The minimum atomic E-state index is -1.34. The second-order valence-electron chi connectivity index (χ2n) is 7.20. The van der Waals surface area contributed by atoms with E-state index in [0.29, 0.717) is 23.9 Å². The topological polar surface area (TPSA) is 72.2 Å². The molecule has 0 saturated heterocycles. The highest BCUT2D eigenvalue weighted by Gasteiger charge is 2.16. The molecule has 0 aliphatic heterocycles. The largest absolute Gasteiger partial charge is 0.441 e. The number of hydrogen-bond donors (Lipinski definition) is 1. The van der Waals surface area contributed by atoms with Gasteiger partial charge in [0.2, 0.25) is 11.8 Å². The number of aryl methyl sites for hydroxylation is 3. The number of nitrogens with zero attached hydrogens (tertiary/aromatic N) is 1. The molecule has 0 aliphatic rings. The van der Waals surface area contributed by atoms with Gasteiger partial charge in [-0.3, -0.25) is 9.00 Å². The molecule has 0 bridgehead atoms. The lowest BCUT2D eigenvalue weighted by Gasteiger charge is -2.05. The summed E-state index contributed by atoms with van der Waals surface area (Å²) >= 11 is 0. The summed E-state index contributed by atoms with van der Waals surface area (Å²) in [6.07, 6.45) is 0.751. The van der Waals surface area contributed by atoms with Crippen LogP contribution in [0.15, 0.2) is 52.9 Å². The Morgan fingerprint density at radius 1 is 1.00 bits per heavy atom. The zero-order chi connectivity index (χ0) is 20.8. The molecule has 1 heterocycles. The van der Waals surface area contributed by atoms with Gasteiger partial charge >= 0.3 is 0 Å². The Balaban J connectivity index is 1.49. The van der Waals surface area contributed by atoms with Crippen LogP contribution in [0.2, 0.25) is 0 Å². The van der Waals surface area contributed by atoms with E-state index in [1.54, 1.807) is 6.92 Å². The molecule has 0 fully saturated rings. The van der Waals surface area contributed by atoms with Gasteiger partial charge in [0.15, 0.2) is 0 Å². The van der Waals surface area contributed by atoms with Crippen molar-refractivity contribution in [2.45, 2.75) is 32.9 Å². The monoisotopic (exact) mass is 410 g/mol. The summed E-state index contributed by atoms with van der Waals surface area (Å²) in [4.78, 5) is 16.6. The molecule has 1 N–H and O–H groups in total. The molecule has 29 heavy (non-hydrogen) atoms. The number of benzene rings is 2. The minimum Gasteiger partial charge on any atom is -0.441 e. The third kappa shape index (κ3) is 6.12. The molecule has 1 amide bonds. The lowest BCUT2D eigenvalue weighted by atomic mass is 10.1. The summed E-state index contributed by atoms with van der Waals surface area (Å²) in [5.74, 6) is 1.09. The van der Waals surface area contributed by atoms with E-state index in [-0.39, 0.29) is 17.4 Å². The highest BCUT2D eigenvalue weighted by molar-refractivity contribution is 7.84. The van der Waals surface area contributed by atoms with E-state index in [9.17, 15) is 9.00 Å². The van der Waals surface area contributed by atoms with Gasteiger partial charge in [0.1, 0.15) is 11.5 Å². The first kappa shape index (κ1) is 21.0. The molecule has 1 aromatic heterocycles. The second kappa shape index (κ2) is 9.65. The number of hydrogen-bond acceptors (Lipinski definition) is 4. The van der Waals surface area contributed by atoms with Crippen LogP contribution in [0.25, 0.3) is 11.5 Å². The summed E-state index contributed by atoms with van der Waals surface area (Å²) < 4.78 is 18.1. The van der Waals surface area contributed by atoms with Crippen molar-refractivity contribution in [3.05, 3.63) is 76.7 Å². The Kier molecular flexibility index (Phi) is 6.99. The van der Waals surface area contributed by atoms with Crippen LogP contribution >= 0.6 is 0 Å². The summed E-state index contributed by atoms with van der Waals surface area (Å²) in [6.45, 7) is 6.39. The summed E-state index contributed by atoms with van der Waals surface area (Å²) in [5, 5.41) is 2.84. The van der Waals surface area contributed by atoms with Gasteiger partial charge in [-0.25, -0.2) is 4.98 Å². The number of oxazole rings is 1. The van der Waals surface area contributed by atoms with Crippen molar-refractivity contribution in [2.24, 2.45) is 0 Å². The van der Waals surface area contributed by atoms with Gasteiger partial charge in [-0.05, 0) is 44.9 Å². The number of nitrogens with one attached hydrogen (secondary N) is 1. The Morgan fingerprint density at radius 2 is 1.62 bits per heavy atom. The third-order valence-electron chi connectivity index (χ3n) is 4.64. The molecular weight excluding hydrogens is 384 g/mol. The molecule has 0 unspecified atom stereocenters. The maximum absolute atomic E-state index is 12.4. The highest BCUT2D eigenvalue weighted by atomic mass is 32.2. The summed E-state index contributed by atoms with van der Waals surface area (Å²) in [5.41, 5.74) is 5.04. The van der Waals surface area contributed by atoms with Crippen molar-refractivity contribution in [1.29, 1.82) is 0 Å². The van der Waals surface area contributed by atoms with Crippen LogP contribution in [0, 0.1) is 20.8 Å². The van der Waals surface area contributed by atoms with Crippen LogP contribution in [-0.2, 0) is 27.8 Å². The smallest absolute Gasteiger partial charge is 0.232 e. The fraction of sp³-hybridized carbons (Fsp3) is 0.304. The van der Waals surface area contributed by atoms with E-state index in [4.69, 9.17) is 4.42 Å². The average molecular weight is 411 g/mol. The highest BCUT2D eigenvalue weighted by Crippen LogP contribution is 2.22. The Labute approximate surface area is 174 Å². The van der Waals surface area contributed by atoms with Gasteiger partial charge in [-0.2, -0.15) is 0 Å². The normalized spacial score (nSPS) is 12.0. The zero-order valence-corrected chi connectivity index (χ0v) is 17.8. The molecule has 1 atom stereocenters. The van der Waals surface area contributed by atoms with Crippen LogP contribution in [-0.4, -0.2) is 27.4 Å².